The molecule has 2 aliphatic heterocycles. The summed E-state index contributed by atoms with van der Waals surface area (Å²) in [5.74, 6) is -0.325. The Labute approximate surface area is 123 Å². The van der Waals surface area contributed by atoms with Crippen molar-refractivity contribution in [3.8, 4) is 0 Å². The molecule has 0 aromatic carbocycles. The van der Waals surface area contributed by atoms with Crippen LogP contribution in [0, 0.1) is 5.92 Å². The Bertz CT molecular complexity index is 486. The SMILES string of the molecule is O=C(O)C1CSC(C2CC2)N1S(=O)(=O)N1CCCCC1. The molecular weight excluding hydrogens is 300 g/mol. The van der Waals surface area contributed by atoms with Crippen LogP contribution in [0.2, 0.25) is 0 Å². The minimum atomic E-state index is -3.65. The molecule has 2 unspecified atom stereocenters. The summed E-state index contributed by atoms with van der Waals surface area (Å²) in [6.45, 7) is 1.04. The van der Waals surface area contributed by atoms with Crippen LogP contribution in [0.1, 0.15) is 32.1 Å². The van der Waals surface area contributed by atoms with E-state index in [1.807, 2.05) is 0 Å². The minimum Gasteiger partial charge on any atom is -0.480 e. The molecule has 2 atom stereocenters. The molecular formula is C12H20N2O4S2. The largest absolute Gasteiger partial charge is 0.480 e. The molecule has 2 saturated heterocycles. The van der Waals surface area contributed by atoms with Crippen LogP contribution in [0.4, 0.5) is 0 Å². The summed E-state index contributed by atoms with van der Waals surface area (Å²) < 4.78 is 28.4. The topological polar surface area (TPSA) is 77.9 Å². The second-order valence-electron chi connectivity index (χ2n) is 5.71. The quantitative estimate of drug-likeness (QED) is 0.834. The maximum Gasteiger partial charge on any atom is 0.322 e. The van der Waals surface area contributed by atoms with Crippen LogP contribution in [0.15, 0.2) is 0 Å². The number of hydrogen-bond donors (Lipinski definition) is 1. The Morgan fingerprint density at radius 2 is 1.80 bits per heavy atom. The number of piperidine rings is 1. The lowest BCUT2D eigenvalue weighted by Crippen LogP contribution is -2.53. The van der Waals surface area contributed by atoms with E-state index in [9.17, 15) is 18.3 Å². The second-order valence-corrected chi connectivity index (χ2v) is 8.70. The van der Waals surface area contributed by atoms with Crippen LogP contribution < -0.4 is 0 Å². The number of aliphatic carboxylic acids is 1. The predicted molar refractivity (Wildman–Crippen MR) is 76.6 cm³/mol. The van der Waals surface area contributed by atoms with Crippen molar-refractivity contribution >= 4 is 27.9 Å². The van der Waals surface area contributed by atoms with Crippen LogP contribution in [-0.4, -0.2) is 58.4 Å². The highest BCUT2D eigenvalue weighted by Crippen LogP contribution is 2.47. The standard InChI is InChI=1S/C12H20N2O4S2/c15-12(16)10-8-19-11(9-4-5-9)14(10)20(17,18)13-6-2-1-3-7-13/h9-11H,1-8H2,(H,15,16). The molecule has 3 rings (SSSR count). The van der Waals surface area contributed by atoms with Gasteiger partial charge < -0.3 is 5.11 Å². The normalized spacial score (nSPS) is 33.4. The molecule has 0 bridgehead atoms. The Morgan fingerprint density at radius 3 is 2.35 bits per heavy atom. The number of rotatable bonds is 4. The van der Waals surface area contributed by atoms with Gasteiger partial charge in [-0.25, -0.2) is 0 Å². The number of carboxylic acids is 1. The van der Waals surface area contributed by atoms with Gasteiger partial charge in [-0.05, 0) is 31.6 Å². The molecule has 0 aromatic heterocycles. The molecule has 20 heavy (non-hydrogen) atoms. The molecule has 1 saturated carbocycles. The monoisotopic (exact) mass is 320 g/mol. The van der Waals surface area contributed by atoms with Crippen molar-refractivity contribution in [2.75, 3.05) is 18.8 Å². The summed E-state index contributed by atoms with van der Waals surface area (Å²) in [5, 5.41) is 9.15. The first-order chi connectivity index (χ1) is 9.51. The van der Waals surface area contributed by atoms with E-state index in [0.717, 1.165) is 32.1 Å². The van der Waals surface area contributed by atoms with E-state index in [1.54, 1.807) is 0 Å². The maximum atomic E-state index is 12.8. The molecule has 8 heteroatoms. The Kier molecular flexibility index (Phi) is 4.00. The molecule has 114 valence electrons. The average Bonchev–Trinajstić information content (AvgIpc) is 3.17. The average molecular weight is 320 g/mol. The fourth-order valence-corrected chi connectivity index (χ4v) is 6.97. The molecule has 2 heterocycles. The highest BCUT2D eigenvalue weighted by atomic mass is 32.2. The maximum absolute atomic E-state index is 12.8. The number of carbonyl (C=O) groups is 1. The summed E-state index contributed by atoms with van der Waals surface area (Å²) in [7, 11) is -3.65. The fraction of sp³-hybridized carbons (Fsp3) is 0.917. The Hall–Kier alpha value is -0.310. The van der Waals surface area contributed by atoms with Gasteiger partial charge in [0.25, 0.3) is 10.2 Å². The molecule has 0 radical (unpaired) electrons. The summed E-state index contributed by atoms with van der Waals surface area (Å²) in [6, 6.07) is -0.905. The first kappa shape index (κ1) is 14.6. The Balaban J connectivity index is 1.87. The van der Waals surface area contributed by atoms with Gasteiger partial charge in [0.05, 0.1) is 5.37 Å². The molecule has 3 fully saturated rings. The minimum absolute atomic E-state index is 0.178. The van der Waals surface area contributed by atoms with Crippen LogP contribution in [0.3, 0.4) is 0 Å². The molecule has 3 aliphatic rings. The lowest BCUT2D eigenvalue weighted by Gasteiger charge is -2.34. The van der Waals surface area contributed by atoms with Gasteiger partial charge in [0.15, 0.2) is 0 Å². The molecule has 0 aromatic rings. The first-order valence-electron chi connectivity index (χ1n) is 7.15. The smallest absolute Gasteiger partial charge is 0.322 e. The zero-order valence-electron chi connectivity index (χ0n) is 11.3. The van der Waals surface area contributed by atoms with Crippen molar-refractivity contribution in [3.63, 3.8) is 0 Å². The van der Waals surface area contributed by atoms with Gasteiger partial charge in [-0.1, -0.05) is 6.42 Å². The van der Waals surface area contributed by atoms with E-state index in [0.29, 0.717) is 24.8 Å². The van der Waals surface area contributed by atoms with Gasteiger partial charge in [0, 0.05) is 18.8 Å². The van der Waals surface area contributed by atoms with E-state index < -0.39 is 22.2 Å². The third kappa shape index (κ3) is 2.58. The van der Waals surface area contributed by atoms with Crippen molar-refractivity contribution in [1.29, 1.82) is 0 Å². The van der Waals surface area contributed by atoms with E-state index in [2.05, 4.69) is 0 Å². The summed E-state index contributed by atoms with van der Waals surface area (Å²) >= 11 is 1.49. The number of thioether (sulfide) groups is 1. The van der Waals surface area contributed by atoms with Crippen LogP contribution >= 0.6 is 11.8 Å². The molecule has 1 aliphatic carbocycles. The van der Waals surface area contributed by atoms with Gasteiger partial charge in [-0.3, -0.25) is 4.79 Å². The van der Waals surface area contributed by atoms with Crippen molar-refractivity contribution in [2.45, 2.75) is 43.5 Å². The molecule has 0 spiro atoms. The summed E-state index contributed by atoms with van der Waals surface area (Å²) in [4.78, 5) is 11.4. The third-order valence-corrected chi connectivity index (χ3v) is 7.83. The lowest BCUT2D eigenvalue weighted by atomic mass is 10.2. The zero-order valence-corrected chi connectivity index (χ0v) is 12.9. The van der Waals surface area contributed by atoms with Gasteiger partial charge >= 0.3 is 5.97 Å². The molecule has 1 N–H and O–H groups in total. The molecule has 0 amide bonds. The fourth-order valence-electron chi connectivity index (χ4n) is 2.94. The summed E-state index contributed by atoms with van der Waals surface area (Å²) in [6.07, 6.45) is 4.80. The van der Waals surface area contributed by atoms with E-state index in [4.69, 9.17) is 0 Å². The van der Waals surface area contributed by atoms with Gasteiger partial charge in [-0.2, -0.15) is 17.0 Å². The van der Waals surface area contributed by atoms with E-state index in [1.165, 1.54) is 20.4 Å². The van der Waals surface area contributed by atoms with E-state index >= 15 is 0 Å². The number of hydrogen-bond acceptors (Lipinski definition) is 4. The van der Waals surface area contributed by atoms with Crippen molar-refractivity contribution < 1.29 is 18.3 Å². The highest BCUT2D eigenvalue weighted by Gasteiger charge is 2.52. The van der Waals surface area contributed by atoms with Gasteiger partial charge in [-0.15, -0.1) is 11.8 Å². The second kappa shape index (κ2) is 5.47. The predicted octanol–water partition coefficient (Wildman–Crippen LogP) is 0.955. The van der Waals surface area contributed by atoms with Crippen molar-refractivity contribution in [2.24, 2.45) is 5.92 Å². The summed E-state index contributed by atoms with van der Waals surface area (Å²) in [5.41, 5.74) is 0. The first-order valence-corrected chi connectivity index (χ1v) is 9.59. The van der Waals surface area contributed by atoms with Crippen LogP contribution in [0.25, 0.3) is 0 Å². The molecule has 6 nitrogen and oxygen atoms in total. The van der Waals surface area contributed by atoms with Gasteiger partial charge in [0.1, 0.15) is 6.04 Å². The number of nitrogens with zero attached hydrogens (tertiary/aromatic N) is 2. The van der Waals surface area contributed by atoms with Crippen molar-refractivity contribution in [1.82, 2.24) is 8.61 Å². The van der Waals surface area contributed by atoms with Crippen molar-refractivity contribution in [3.05, 3.63) is 0 Å². The van der Waals surface area contributed by atoms with Gasteiger partial charge in [0.2, 0.25) is 0 Å². The van der Waals surface area contributed by atoms with Crippen LogP contribution in [-0.2, 0) is 15.0 Å². The lowest BCUT2D eigenvalue weighted by molar-refractivity contribution is -0.140. The van der Waals surface area contributed by atoms with E-state index in [-0.39, 0.29) is 5.37 Å². The van der Waals surface area contributed by atoms with Crippen LogP contribution in [0.5, 0.6) is 0 Å². The number of carboxylic acid groups (broad SMARTS) is 1. The zero-order chi connectivity index (χ0) is 14.3. The third-order valence-electron chi connectivity index (χ3n) is 4.20. The highest BCUT2D eigenvalue weighted by molar-refractivity contribution is 8.01. The Morgan fingerprint density at radius 1 is 1.15 bits per heavy atom.